The van der Waals surface area contributed by atoms with Crippen LogP contribution >= 0.6 is 0 Å². The van der Waals surface area contributed by atoms with Crippen LogP contribution in [0.3, 0.4) is 0 Å². The van der Waals surface area contributed by atoms with Gasteiger partial charge in [-0.2, -0.15) is 0 Å². The molecule has 0 unspecified atom stereocenters. The summed E-state index contributed by atoms with van der Waals surface area (Å²) in [6.07, 6.45) is -0.281. The molecular formula is C21H26O3. The number of hydrogen-bond donors (Lipinski definition) is 0. The van der Waals surface area contributed by atoms with Crippen LogP contribution in [0, 0.1) is 27.7 Å². The molecule has 24 heavy (non-hydrogen) atoms. The van der Waals surface area contributed by atoms with E-state index in [1.54, 1.807) is 6.92 Å². The van der Waals surface area contributed by atoms with Gasteiger partial charge in [-0.15, -0.1) is 0 Å². The Kier molecular flexibility index (Phi) is 6.16. The Hall–Kier alpha value is -2.13. The quantitative estimate of drug-likeness (QED) is 0.728. The second kappa shape index (κ2) is 8.11. The first-order valence-electron chi connectivity index (χ1n) is 8.35. The van der Waals surface area contributed by atoms with Crippen LogP contribution in [0.15, 0.2) is 36.4 Å². The number of rotatable bonds is 6. The fourth-order valence-corrected chi connectivity index (χ4v) is 3.15. The van der Waals surface area contributed by atoms with E-state index in [-0.39, 0.29) is 18.7 Å². The number of ether oxygens (including phenoxy) is 2. The maximum atomic E-state index is 11.8. The van der Waals surface area contributed by atoms with Crippen molar-refractivity contribution in [2.24, 2.45) is 0 Å². The summed E-state index contributed by atoms with van der Waals surface area (Å²) in [5.74, 6) is -0.333. The first-order valence-corrected chi connectivity index (χ1v) is 8.35. The van der Waals surface area contributed by atoms with Crippen molar-refractivity contribution >= 4 is 5.97 Å². The van der Waals surface area contributed by atoms with E-state index in [2.05, 4.69) is 52.0 Å². The van der Waals surface area contributed by atoms with Gasteiger partial charge in [-0.05, 0) is 68.0 Å². The average Bonchev–Trinajstić information content (AvgIpc) is 2.51. The molecule has 0 radical (unpaired) electrons. The minimum Gasteiger partial charge on any atom is -0.464 e. The lowest BCUT2D eigenvalue weighted by Crippen LogP contribution is -2.19. The number of aryl methyl sites for hydroxylation is 4. The Morgan fingerprint density at radius 3 is 1.67 bits per heavy atom. The highest BCUT2D eigenvalue weighted by molar-refractivity contribution is 5.70. The lowest BCUT2D eigenvalue weighted by molar-refractivity contribution is -0.149. The van der Waals surface area contributed by atoms with Crippen LogP contribution in [-0.4, -0.2) is 19.2 Å². The van der Waals surface area contributed by atoms with Gasteiger partial charge in [-0.25, -0.2) is 4.79 Å². The summed E-state index contributed by atoms with van der Waals surface area (Å²) >= 11 is 0. The lowest BCUT2D eigenvalue weighted by atomic mass is 9.89. The van der Waals surface area contributed by atoms with Crippen LogP contribution < -0.4 is 0 Å². The number of esters is 1. The van der Waals surface area contributed by atoms with Crippen LogP contribution in [0.4, 0.5) is 0 Å². The number of benzene rings is 2. The van der Waals surface area contributed by atoms with Crippen molar-refractivity contribution in [1.29, 1.82) is 0 Å². The van der Waals surface area contributed by atoms with Crippen molar-refractivity contribution in [2.45, 2.75) is 40.7 Å². The molecule has 0 spiro atoms. The van der Waals surface area contributed by atoms with Gasteiger partial charge in [0.05, 0.1) is 6.61 Å². The summed E-state index contributed by atoms with van der Waals surface area (Å²) in [4.78, 5) is 11.8. The molecule has 0 N–H and O–H groups in total. The molecule has 0 aromatic heterocycles. The van der Waals surface area contributed by atoms with E-state index in [4.69, 9.17) is 9.47 Å². The van der Waals surface area contributed by atoms with Crippen molar-refractivity contribution in [1.82, 2.24) is 0 Å². The van der Waals surface area contributed by atoms with Crippen molar-refractivity contribution < 1.29 is 14.3 Å². The van der Waals surface area contributed by atoms with Crippen molar-refractivity contribution in [2.75, 3.05) is 13.2 Å². The van der Waals surface area contributed by atoms with Gasteiger partial charge in [-0.3, -0.25) is 0 Å². The zero-order valence-electron chi connectivity index (χ0n) is 15.2. The Balaban J connectivity index is 2.48. The van der Waals surface area contributed by atoms with Gasteiger partial charge in [0, 0.05) is 0 Å². The van der Waals surface area contributed by atoms with Gasteiger partial charge in [0.15, 0.2) is 0 Å². The van der Waals surface area contributed by atoms with Gasteiger partial charge < -0.3 is 9.47 Å². The van der Waals surface area contributed by atoms with E-state index >= 15 is 0 Å². The van der Waals surface area contributed by atoms with E-state index in [0.717, 1.165) is 33.4 Å². The number of carbonyl (C=O) groups is 1. The van der Waals surface area contributed by atoms with Crippen LogP contribution in [0.1, 0.15) is 46.4 Å². The first kappa shape index (κ1) is 18.2. The Bertz CT molecular complexity index is 627. The molecule has 0 heterocycles. The van der Waals surface area contributed by atoms with Crippen LogP contribution in [-0.2, 0) is 14.3 Å². The van der Waals surface area contributed by atoms with Gasteiger partial charge >= 0.3 is 5.97 Å². The summed E-state index contributed by atoms with van der Waals surface area (Å²) in [5.41, 5.74) is 6.88. The van der Waals surface area contributed by atoms with E-state index in [1.807, 2.05) is 12.1 Å². The number of hydrogen-bond acceptors (Lipinski definition) is 3. The maximum absolute atomic E-state index is 11.8. The van der Waals surface area contributed by atoms with E-state index in [9.17, 15) is 4.79 Å². The molecular weight excluding hydrogens is 300 g/mol. The zero-order valence-corrected chi connectivity index (χ0v) is 15.2. The van der Waals surface area contributed by atoms with Crippen LogP contribution in [0.2, 0.25) is 0 Å². The molecule has 0 aliphatic heterocycles. The fourth-order valence-electron chi connectivity index (χ4n) is 3.15. The summed E-state index contributed by atoms with van der Waals surface area (Å²) in [7, 11) is 0. The third kappa shape index (κ3) is 4.04. The molecule has 2 rings (SSSR count). The minimum absolute atomic E-state index is 0.0555. The van der Waals surface area contributed by atoms with E-state index < -0.39 is 0 Å². The minimum atomic E-state index is -0.333. The summed E-state index contributed by atoms with van der Waals surface area (Å²) < 4.78 is 11.1. The van der Waals surface area contributed by atoms with Gasteiger partial charge in [0.1, 0.15) is 12.7 Å². The number of carbonyl (C=O) groups excluding carboxylic acids is 1. The highest BCUT2D eigenvalue weighted by atomic mass is 16.6. The van der Waals surface area contributed by atoms with Gasteiger partial charge in [0.25, 0.3) is 0 Å². The molecule has 0 amide bonds. The van der Waals surface area contributed by atoms with E-state index in [1.165, 1.54) is 0 Å². The first-order chi connectivity index (χ1) is 11.5. The Morgan fingerprint density at radius 2 is 1.29 bits per heavy atom. The molecule has 0 fully saturated rings. The van der Waals surface area contributed by atoms with Crippen LogP contribution in [0.25, 0.3) is 0 Å². The van der Waals surface area contributed by atoms with Crippen molar-refractivity contribution in [3.05, 3.63) is 69.8 Å². The van der Waals surface area contributed by atoms with Crippen molar-refractivity contribution in [3.63, 3.8) is 0 Å². The molecule has 128 valence electrons. The molecule has 2 aromatic carbocycles. The standard InChI is InChI=1S/C21H26O3/c1-6-23-18(22)13-24-21(19-14(2)9-7-10-15(19)3)20-16(4)11-8-12-17(20)5/h7-12,21H,6,13H2,1-5H3. The highest BCUT2D eigenvalue weighted by Crippen LogP contribution is 2.34. The van der Waals surface area contributed by atoms with E-state index in [0.29, 0.717) is 6.61 Å². The molecule has 3 nitrogen and oxygen atoms in total. The van der Waals surface area contributed by atoms with Crippen molar-refractivity contribution in [3.8, 4) is 0 Å². The molecule has 0 atom stereocenters. The predicted octanol–water partition coefficient (Wildman–Crippen LogP) is 4.59. The molecule has 0 aliphatic rings. The van der Waals surface area contributed by atoms with Gasteiger partial charge in [0.2, 0.25) is 0 Å². The second-order valence-electron chi connectivity index (χ2n) is 6.11. The lowest BCUT2D eigenvalue weighted by Gasteiger charge is -2.25. The zero-order chi connectivity index (χ0) is 17.7. The molecule has 2 aromatic rings. The molecule has 0 saturated carbocycles. The SMILES string of the molecule is CCOC(=O)COC(c1c(C)cccc1C)c1c(C)cccc1C. The summed E-state index contributed by atoms with van der Waals surface area (Å²) in [5, 5.41) is 0. The molecule has 0 saturated heterocycles. The fraction of sp³-hybridized carbons (Fsp3) is 0.381. The normalized spacial score (nSPS) is 10.9. The highest BCUT2D eigenvalue weighted by Gasteiger charge is 2.23. The monoisotopic (exact) mass is 326 g/mol. The smallest absolute Gasteiger partial charge is 0.332 e. The Morgan fingerprint density at radius 1 is 0.875 bits per heavy atom. The maximum Gasteiger partial charge on any atom is 0.332 e. The molecule has 3 heteroatoms. The topological polar surface area (TPSA) is 35.5 Å². The third-order valence-electron chi connectivity index (χ3n) is 4.28. The molecule has 0 aliphatic carbocycles. The third-order valence-corrected chi connectivity index (χ3v) is 4.28. The average molecular weight is 326 g/mol. The second-order valence-corrected chi connectivity index (χ2v) is 6.11. The van der Waals surface area contributed by atoms with Crippen LogP contribution in [0.5, 0.6) is 0 Å². The Labute approximate surface area is 144 Å². The molecule has 0 bridgehead atoms. The predicted molar refractivity (Wildman–Crippen MR) is 96.3 cm³/mol. The van der Waals surface area contributed by atoms with Gasteiger partial charge in [-0.1, -0.05) is 36.4 Å². The largest absolute Gasteiger partial charge is 0.464 e. The summed E-state index contributed by atoms with van der Waals surface area (Å²) in [6, 6.07) is 12.4. The summed E-state index contributed by atoms with van der Waals surface area (Å²) in [6.45, 7) is 10.4.